The van der Waals surface area contributed by atoms with E-state index in [9.17, 15) is 4.79 Å². The van der Waals surface area contributed by atoms with E-state index in [0.717, 1.165) is 55.5 Å². The number of nitrogens with one attached hydrogen (secondary N) is 1. The molecule has 3 aromatic rings. The monoisotopic (exact) mass is 507 g/mol. The van der Waals surface area contributed by atoms with Gasteiger partial charge in [-0.2, -0.15) is 4.98 Å². The predicted octanol–water partition coefficient (Wildman–Crippen LogP) is 2.53. The first-order chi connectivity index (χ1) is 18.0. The highest BCUT2D eigenvalue weighted by Crippen LogP contribution is 2.31. The fraction of sp³-hybridized carbons (Fsp3) is 0.500. The molecule has 11 heteroatoms. The minimum absolute atomic E-state index is 0.0615. The number of anilines is 2. The van der Waals surface area contributed by atoms with Gasteiger partial charge in [-0.05, 0) is 43.9 Å². The van der Waals surface area contributed by atoms with Crippen LogP contribution in [0.25, 0.3) is 10.9 Å². The van der Waals surface area contributed by atoms with Gasteiger partial charge in [-0.15, -0.1) is 10.2 Å². The Morgan fingerprint density at radius 1 is 1.14 bits per heavy atom. The van der Waals surface area contributed by atoms with Crippen LogP contribution in [0.3, 0.4) is 0 Å². The molecule has 4 heterocycles. The van der Waals surface area contributed by atoms with Crippen LogP contribution in [-0.2, 0) is 9.53 Å². The number of fused-ring (bicyclic) bond motifs is 1. The summed E-state index contributed by atoms with van der Waals surface area (Å²) in [5.41, 5.74) is 0.890. The molecule has 0 spiro atoms. The van der Waals surface area contributed by atoms with Gasteiger partial charge in [-0.25, -0.2) is 0 Å². The lowest BCUT2D eigenvalue weighted by Gasteiger charge is -2.31. The second kappa shape index (κ2) is 11.5. The number of rotatable bonds is 8. The molecule has 1 saturated heterocycles. The number of nitrogens with zero attached hydrogens (tertiary/aromatic N) is 6. The molecule has 3 aromatic heterocycles. The Hall–Kier alpha value is -3.73. The summed E-state index contributed by atoms with van der Waals surface area (Å²) in [5.74, 6) is 2.42. The summed E-state index contributed by atoms with van der Waals surface area (Å²) in [7, 11) is 3.37. The highest BCUT2D eigenvalue weighted by molar-refractivity contribution is 5.85. The summed E-state index contributed by atoms with van der Waals surface area (Å²) in [6.07, 6.45) is 5.60. The van der Waals surface area contributed by atoms with Crippen molar-refractivity contribution in [1.82, 2.24) is 25.1 Å². The van der Waals surface area contributed by atoms with E-state index in [2.05, 4.69) is 25.4 Å². The maximum Gasteiger partial charge on any atom is 0.260 e. The number of pyridine rings is 2. The number of amides is 1. The van der Waals surface area contributed by atoms with Crippen LogP contribution in [0.2, 0.25) is 0 Å². The van der Waals surface area contributed by atoms with Gasteiger partial charge in [0.05, 0.1) is 24.1 Å². The molecule has 0 unspecified atom stereocenters. The largest absolute Gasteiger partial charge is 0.474 e. The molecule has 0 radical (unpaired) electrons. The fourth-order valence-electron chi connectivity index (χ4n) is 4.51. The molecule has 1 aliphatic heterocycles. The van der Waals surface area contributed by atoms with Gasteiger partial charge >= 0.3 is 0 Å². The van der Waals surface area contributed by atoms with Crippen molar-refractivity contribution in [3.8, 4) is 11.8 Å². The summed E-state index contributed by atoms with van der Waals surface area (Å²) in [5, 5.41) is 12.7. The Morgan fingerprint density at radius 3 is 2.68 bits per heavy atom. The third kappa shape index (κ3) is 6.34. The van der Waals surface area contributed by atoms with Crippen LogP contribution in [-0.4, -0.2) is 90.1 Å². The number of carbonyl (C=O) groups excluding carboxylic acids is 1. The van der Waals surface area contributed by atoms with E-state index in [4.69, 9.17) is 19.2 Å². The van der Waals surface area contributed by atoms with Gasteiger partial charge in [-0.3, -0.25) is 9.78 Å². The SMILES string of the molecule is CN(C)C(=O)COc1ccc(NC2CCC(Oc3nc(N4CCOCC4)cc4ncccc34)CC2)nn1. The summed E-state index contributed by atoms with van der Waals surface area (Å²) < 4.78 is 17.4. The molecule has 196 valence electrons. The number of morpholine rings is 1. The van der Waals surface area contributed by atoms with E-state index in [-0.39, 0.29) is 24.7 Å². The smallest absolute Gasteiger partial charge is 0.260 e. The van der Waals surface area contributed by atoms with Crippen molar-refractivity contribution in [2.75, 3.05) is 57.2 Å². The molecular weight excluding hydrogens is 474 g/mol. The van der Waals surface area contributed by atoms with E-state index >= 15 is 0 Å². The molecule has 0 aromatic carbocycles. The second-order valence-electron chi connectivity index (χ2n) is 9.52. The maximum atomic E-state index is 11.7. The van der Waals surface area contributed by atoms with Crippen molar-refractivity contribution in [3.63, 3.8) is 0 Å². The lowest BCUT2D eigenvalue weighted by molar-refractivity contribution is -0.130. The Balaban J connectivity index is 1.16. The number of aromatic nitrogens is 4. The summed E-state index contributed by atoms with van der Waals surface area (Å²) in [6, 6.07) is 9.80. The first kappa shape index (κ1) is 24.9. The minimum atomic E-state index is -0.129. The average Bonchev–Trinajstić information content (AvgIpc) is 2.94. The zero-order valence-corrected chi connectivity index (χ0v) is 21.3. The van der Waals surface area contributed by atoms with Crippen LogP contribution in [0.15, 0.2) is 36.5 Å². The zero-order valence-electron chi connectivity index (χ0n) is 21.3. The van der Waals surface area contributed by atoms with Gasteiger partial charge < -0.3 is 29.3 Å². The van der Waals surface area contributed by atoms with E-state index in [1.54, 1.807) is 26.4 Å². The zero-order chi connectivity index (χ0) is 25.6. The molecule has 2 aliphatic rings. The maximum absolute atomic E-state index is 11.7. The van der Waals surface area contributed by atoms with Crippen molar-refractivity contribution >= 4 is 28.4 Å². The lowest BCUT2D eigenvalue weighted by Crippen LogP contribution is -2.37. The standard InChI is InChI=1S/C26H33N7O4/c1-32(2)25(34)17-36-24-10-9-22(30-31-24)28-18-5-7-19(8-6-18)37-26-20-4-3-11-27-21(20)16-23(29-26)33-12-14-35-15-13-33/h3-4,9-11,16,18-19H,5-8,12-15,17H2,1-2H3,(H,28,30). The third-order valence-electron chi connectivity index (χ3n) is 6.67. The molecule has 2 fully saturated rings. The van der Waals surface area contributed by atoms with Crippen molar-refractivity contribution in [3.05, 3.63) is 36.5 Å². The van der Waals surface area contributed by atoms with Crippen LogP contribution < -0.4 is 19.7 Å². The molecule has 1 saturated carbocycles. The predicted molar refractivity (Wildman–Crippen MR) is 139 cm³/mol. The molecule has 5 rings (SSSR count). The molecule has 0 bridgehead atoms. The molecule has 11 nitrogen and oxygen atoms in total. The van der Waals surface area contributed by atoms with Gasteiger partial charge in [0.25, 0.3) is 5.91 Å². The molecular formula is C26H33N7O4. The summed E-state index contributed by atoms with van der Waals surface area (Å²) >= 11 is 0. The molecule has 37 heavy (non-hydrogen) atoms. The van der Waals surface area contributed by atoms with Crippen molar-refractivity contribution < 1.29 is 19.0 Å². The van der Waals surface area contributed by atoms with Crippen LogP contribution in [0.4, 0.5) is 11.6 Å². The van der Waals surface area contributed by atoms with E-state index in [0.29, 0.717) is 30.8 Å². The van der Waals surface area contributed by atoms with Gasteiger partial charge in [0.15, 0.2) is 6.61 Å². The number of hydrogen-bond acceptors (Lipinski definition) is 10. The topological polar surface area (TPSA) is 115 Å². The Morgan fingerprint density at radius 2 is 1.95 bits per heavy atom. The van der Waals surface area contributed by atoms with E-state index < -0.39 is 0 Å². The van der Waals surface area contributed by atoms with E-state index in [1.807, 2.05) is 24.3 Å². The quantitative estimate of drug-likeness (QED) is 0.488. The highest BCUT2D eigenvalue weighted by Gasteiger charge is 2.25. The summed E-state index contributed by atoms with van der Waals surface area (Å²) in [4.78, 5) is 24.8. The number of ether oxygens (including phenoxy) is 3. The van der Waals surface area contributed by atoms with Gasteiger partial charge in [0.1, 0.15) is 17.7 Å². The fourth-order valence-corrected chi connectivity index (χ4v) is 4.51. The average molecular weight is 508 g/mol. The van der Waals surface area contributed by atoms with Crippen LogP contribution in [0, 0.1) is 0 Å². The number of carbonyl (C=O) groups is 1. The Bertz CT molecular complexity index is 1190. The van der Waals surface area contributed by atoms with Gasteiger partial charge in [-0.1, -0.05) is 0 Å². The van der Waals surface area contributed by atoms with Gasteiger partial charge in [0, 0.05) is 51.6 Å². The lowest BCUT2D eigenvalue weighted by atomic mass is 9.93. The minimum Gasteiger partial charge on any atom is -0.474 e. The second-order valence-corrected chi connectivity index (χ2v) is 9.52. The van der Waals surface area contributed by atoms with Crippen LogP contribution in [0.1, 0.15) is 25.7 Å². The Labute approximate surface area is 216 Å². The molecule has 1 amide bonds. The number of hydrogen-bond donors (Lipinski definition) is 1. The Kier molecular flexibility index (Phi) is 7.79. The van der Waals surface area contributed by atoms with Crippen LogP contribution >= 0.6 is 0 Å². The van der Waals surface area contributed by atoms with Crippen LogP contribution in [0.5, 0.6) is 11.8 Å². The normalized spacial score (nSPS) is 19.9. The van der Waals surface area contributed by atoms with Crippen molar-refractivity contribution in [2.24, 2.45) is 0 Å². The van der Waals surface area contributed by atoms with E-state index in [1.165, 1.54) is 4.90 Å². The van der Waals surface area contributed by atoms with Crippen molar-refractivity contribution in [2.45, 2.75) is 37.8 Å². The number of likely N-dealkylation sites (N-methyl/N-ethyl adjacent to an activating group) is 1. The third-order valence-corrected chi connectivity index (χ3v) is 6.67. The molecule has 1 N–H and O–H groups in total. The van der Waals surface area contributed by atoms with Gasteiger partial charge in [0.2, 0.25) is 11.8 Å². The molecule has 1 aliphatic carbocycles. The first-order valence-corrected chi connectivity index (χ1v) is 12.7. The van der Waals surface area contributed by atoms with Crippen molar-refractivity contribution in [1.29, 1.82) is 0 Å². The summed E-state index contributed by atoms with van der Waals surface area (Å²) in [6.45, 7) is 2.96. The molecule has 0 atom stereocenters. The first-order valence-electron chi connectivity index (χ1n) is 12.7. The highest BCUT2D eigenvalue weighted by atomic mass is 16.5.